The predicted octanol–water partition coefficient (Wildman–Crippen LogP) is 5.12. The van der Waals surface area contributed by atoms with Crippen LogP contribution in [0.3, 0.4) is 0 Å². The number of carboxylic acid groups (broad SMARTS) is 1. The molecule has 0 fully saturated rings. The van der Waals surface area contributed by atoms with Gasteiger partial charge in [0.2, 0.25) is 0 Å². The molecular weight excluding hydrogens is 449 g/mol. The number of aliphatic imine (C=N–C) groups is 1. The first-order valence-corrected chi connectivity index (χ1v) is 10.2. The molecule has 0 radical (unpaired) electrons. The van der Waals surface area contributed by atoms with E-state index in [1.807, 2.05) is 30.3 Å². The van der Waals surface area contributed by atoms with Gasteiger partial charge in [-0.2, -0.15) is 18.3 Å². The number of hydrogen-bond donors (Lipinski definition) is 2. The number of amidine groups is 1. The number of nitrogens with one attached hydrogen (secondary N) is 1. The number of methoxy groups -OCH3 is 1. The molecule has 1 aromatic heterocycles. The van der Waals surface area contributed by atoms with E-state index in [0.29, 0.717) is 39.7 Å². The van der Waals surface area contributed by atoms with Gasteiger partial charge in [0, 0.05) is 22.0 Å². The highest BCUT2D eigenvalue weighted by Gasteiger charge is 2.41. The third-order valence-electron chi connectivity index (χ3n) is 5.60. The number of halogens is 3. The fourth-order valence-electron chi connectivity index (χ4n) is 4.06. The van der Waals surface area contributed by atoms with Gasteiger partial charge in [0.1, 0.15) is 17.1 Å². The van der Waals surface area contributed by atoms with Crippen LogP contribution >= 0.6 is 0 Å². The van der Waals surface area contributed by atoms with Crippen molar-refractivity contribution in [2.45, 2.75) is 12.7 Å². The van der Waals surface area contributed by atoms with Crippen molar-refractivity contribution in [2.24, 2.45) is 4.99 Å². The Kier molecular flexibility index (Phi) is 5.00. The number of carbonyl (C=O) groups is 1. The lowest BCUT2D eigenvalue weighted by molar-refractivity contribution is -0.143. The molecule has 0 aliphatic carbocycles. The van der Waals surface area contributed by atoms with Gasteiger partial charge in [-0.3, -0.25) is 4.99 Å². The molecule has 0 atom stereocenters. The van der Waals surface area contributed by atoms with Crippen molar-refractivity contribution in [1.29, 1.82) is 0 Å². The lowest BCUT2D eigenvalue weighted by atomic mass is 10.0. The molecule has 10 heteroatoms. The summed E-state index contributed by atoms with van der Waals surface area (Å²) >= 11 is 0. The third-order valence-corrected chi connectivity index (χ3v) is 5.60. The number of ether oxygens (including phenoxy) is 1. The van der Waals surface area contributed by atoms with Crippen LogP contribution in [0.15, 0.2) is 65.8 Å². The molecule has 0 spiro atoms. The Morgan fingerprint density at radius 1 is 1.15 bits per heavy atom. The van der Waals surface area contributed by atoms with Crippen molar-refractivity contribution in [3.63, 3.8) is 0 Å². The normalized spacial score (nSPS) is 13.9. The van der Waals surface area contributed by atoms with Crippen molar-refractivity contribution < 1.29 is 27.8 Å². The van der Waals surface area contributed by atoms with E-state index in [1.165, 1.54) is 6.07 Å². The maximum absolute atomic E-state index is 13.8. The Balaban J connectivity index is 1.59. The molecule has 2 heterocycles. The molecule has 0 amide bonds. The molecule has 5 rings (SSSR count). The van der Waals surface area contributed by atoms with E-state index in [-0.39, 0.29) is 5.69 Å². The van der Waals surface area contributed by atoms with E-state index < -0.39 is 23.4 Å². The number of alkyl halides is 3. The SMILES string of the molecule is COc1ccc(CN=C2Nc3ccc(-n4ncc(C(=O)O)c4C(F)(F)F)c4cccc2c34)cc1. The van der Waals surface area contributed by atoms with Crippen molar-refractivity contribution in [3.8, 4) is 11.4 Å². The molecule has 4 aromatic rings. The van der Waals surface area contributed by atoms with Gasteiger partial charge in [0.25, 0.3) is 0 Å². The Morgan fingerprint density at radius 2 is 1.91 bits per heavy atom. The van der Waals surface area contributed by atoms with Crippen molar-refractivity contribution in [2.75, 3.05) is 12.4 Å². The van der Waals surface area contributed by atoms with E-state index in [1.54, 1.807) is 25.3 Å². The molecule has 0 unspecified atom stereocenters. The van der Waals surface area contributed by atoms with Gasteiger partial charge in [0.05, 0.1) is 25.5 Å². The van der Waals surface area contributed by atoms with E-state index >= 15 is 0 Å². The summed E-state index contributed by atoms with van der Waals surface area (Å²) in [6, 6.07) is 15.8. The lowest BCUT2D eigenvalue weighted by Gasteiger charge is -2.14. The number of carboxylic acids is 1. The number of hydrogen-bond acceptors (Lipinski definition) is 4. The van der Waals surface area contributed by atoms with E-state index in [9.17, 15) is 23.1 Å². The minimum atomic E-state index is -4.91. The van der Waals surface area contributed by atoms with Crippen LogP contribution in [-0.4, -0.2) is 33.8 Å². The summed E-state index contributed by atoms with van der Waals surface area (Å²) in [6.07, 6.45) is -4.19. The van der Waals surface area contributed by atoms with Crippen LogP contribution in [-0.2, 0) is 12.7 Å². The van der Waals surface area contributed by atoms with Gasteiger partial charge in [-0.05, 0) is 29.8 Å². The third kappa shape index (κ3) is 3.53. The van der Waals surface area contributed by atoms with Gasteiger partial charge in [-0.15, -0.1) is 0 Å². The highest BCUT2D eigenvalue weighted by molar-refractivity contribution is 6.27. The molecule has 0 bridgehead atoms. The van der Waals surface area contributed by atoms with Gasteiger partial charge < -0.3 is 15.2 Å². The fourth-order valence-corrected chi connectivity index (χ4v) is 4.06. The second kappa shape index (κ2) is 7.91. The number of aromatic nitrogens is 2. The quantitative estimate of drug-likeness (QED) is 0.426. The number of anilines is 1. The predicted molar refractivity (Wildman–Crippen MR) is 120 cm³/mol. The molecule has 2 N–H and O–H groups in total. The van der Waals surface area contributed by atoms with Crippen LogP contribution in [0.4, 0.5) is 18.9 Å². The summed E-state index contributed by atoms with van der Waals surface area (Å²) in [5, 5.41) is 17.4. The van der Waals surface area contributed by atoms with Crippen LogP contribution in [0.1, 0.15) is 27.2 Å². The first-order chi connectivity index (χ1) is 16.3. The zero-order valence-electron chi connectivity index (χ0n) is 17.7. The average molecular weight is 466 g/mol. The zero-order chi connectivity index (χ0) is 24.0. The summed E-state index contributed by atoms with van der Waals surface area (Å²) in [4.78, 5) is 16.0. The average Bonchev–Trinajstić information content (AvgIpc) is 3.42. The molecule has 34 heavy (non-hydrogen) atoms. The number of rotatable bonds is 5. The number of aromatic carboxylic acids is 1. The molecule has 3 aromatic carbocycles. The second-order valence-corrected chi connectivity index (χ2v) is 7.62. The summed E-state index contributed by atoms with van der Waals surface area (Å²) in [5.41, 5.74) is 0.282. The number of benzene rings is 3. The summed E-state index contributed by atoms with van der Waals surface area (Å²) in [7, 11) is 1.59. The smallest absolute Gasteiger partial charge is 0.434 e. The molecule has 1 aliphatic heterocycles. The highest BCUT2D eigenvalue weighted by atomic mass is 19.4. The van der Waals surface area contributed by atoms with Crippen molar-refractivity contribution >= 4 is 28.3 Å². The Morgan fingerprint density at radius 3 is 2.59 bits per heavy atom. The highest BCUT2D eigenvalue weighted by Crippen LogP contribution is 2.39. The Hall–Kier alpha value is -4.34. The second-order valence-electron chi connectivity index (χ2n) is 7.62. The molecule has 1 aliphatic rings. The molecule has 7 nitrogen and oxygen atoms in total. The van der Waals surface area contributed by atoms with Gasteiger partial charge in [-0.25, -0.2) is 9.48 Å². The summed E-state index contributed by atoms with van der Waals surface area (Å²) < 4.78 is 47.1. The topological polar surface area (TPSA) is 88.7 Å². The standard InChI is InChI=1S/C24H17F3N4O3/c1-34-14-7-5-13(6-8-14)11-28-22-16-4-2-3-15-19(10-9-18(30-22)20(15)16)31-21(24(25,26)27)17(12-29-31)23(32)33/h2-10,12H,11H2,1H3,(H,28,30)(H,32,33). The summed E-state index contributed by atoms with van der Waals surface area (Å²) in [5.74, 6) is -0.363. The van der Waals surface area contributed by atoms with Gasteiger partial charge >= 0.3 is 12.1 Å². The van der Waals surface area contributed by atoms with Gasteiger partial charge in [-0.1, -0.05) is 30.3 Å². The summed E-state index contributed by atoms with van der Waals surface area (Å²) in [6.45, 7) is 0.392. The minimum Gasteiger partial charge on any atom is -0.497 e. The Labute approximate surface area is 191 Å². The van der Waals surface area contributed by atoms with Crippen molar-refractivity contribution in [1.82, 2.24) is 9.78 Å². The molecular formula is C24H17F3N4O3. The first-order valence-electron chi connectivity index (χ1n) is 10.2. The zero-order valence-corrected chi connectivity index (χ0v) is 17.7. The van der Waals surface area contributed by atoms with Crippen LogP contribution in [0, 0.1) is 0 Å². The maximum Gasteiger partial charge on any atom is 0.434 e. The minimum absolute atomic E-state index is 0.124. The van der Waals surface area contributed by atoms with E-state index in [4.69, 9.17) is 4.74 Å². The monoisotopic (exact) mass is 466 g/mol. The largest absolute Gasteiger partial charge is 0.497 e. The van der Waals surface area contributed by atoms with Crippen molar-refractivity contribution in [3.05, 3.63) is 83.2 Å². The van der Waals surface area contributed by atoms with Crippen LogP contribution in [0.25, 0.3) is 16.5 Å². The molecule has 0 saturated carbocycles. The Bertz CT molecular complexity index is 1460. The maximum atomic E-state index is 13.8. The lowest BCUT2D eigenvalue weighted by Crippen LogP contribution is -2.17. The van der Waals surface area contributed by atoms with Crippen LogP contribution < -0.4 is 10.1 Å². The molecule has 0 saturated heterocycles. The van der Waals surface area contributed by atoms with Crippen LogP contribution in [0.5, 0.6) is 5.75 Å². The van der Waals surface area contributed by atoms with E-state index in [0.717, 1.165) is 16.9 Å². The van der Waals surface area contributed by atoms with Gasteiger partial charge in [0.15, 0.2) is 5.69 Å². The van der Waals surface area contributed by atoms with Crippen LogP contribution in [0.2, 0.25) is 0 Å². The molecule has 172 valence electrons. The fraction of sp³-hybridized carbons (Fsp3) is 0.125. The first kappa shape index (κ1) is 21.5. The number of nitrogens with zero attached hydrogens (tertiary/aromatic N) is 3. The van der Waals surface area contributed by atoms with E-state index in [2.05, 4.69) is 15.4 Å².